The zero-order valence-corrected chi connectivity index (χ0v) is 10.1. The van der Waals surface area contributed by atoms with E-state index in [1.54, 1.807) is 0 Å². The van der Waals surface area contributed by atoms with Crippen molar-refractivity contribution in [2.24, 2.45) is 0 Å². The van der Waals surface area contributed by atoms with Crippen LogP contribution in [-0.2, 0) is 6.42 Å². The second-order valence-electron chi connectivity index (χ2n) is 4.05. The van der Waals surface area contributed by atoms with Crippen molar-refractivity contribution in [2.45, 2.75) is 25.2 Å². The van der Waals surface area contributed by atoms with Gasteiger partial charge in [-0.15, -0.1) is 0 Å². The molecule has 15 heavy (non-hydrogen) atoms. The first-order chi connectivity index (χ1) is 7.42. The van der Waals surface area contributed by atoms with Crippen LogP contribution in [0.25, 0.3) is 0 Å². The number of H-pyrrole nitrogens is 1. The highest BCUT2D eigenvalue weighted by atomic mass is 32.2. The lowest BCUT2D eigenvalue weighted by molar-refractivity contribution is 0.609. The topological polar surface area (TPSA) is 40.7 Å². The van der Waals surface area contributed by atoms with Gasteiger partial charge in [0.1, 0.15) is 0 Å². The number of thioether (sulfide) groups is 1. The number of likely N-dealkylation sites (N-methyl/N-ethyl adjacent to an activating group) is 1. The standard InChI is InChI=1S/C11H19N3S/c1-12-5-2-10-8-13-14-11(10)9-3-6-15-7-4-9/h8-9,12H,2-7H2,1H3,(H,13,14). The normalized spacial score (nSPS) is 18.2. The molecule has 0 radical (unpaired) electrons. The average Bonchev–Trinajstić information content (AvgIpc) is 2.75. The van der Waals surface area contributed by atoms with E-state index in [1.807, 2.05) is 13.2 Å². The van der Waals surface area contributed by atoms with Gasteiger partial charge in [-0.1, -0.05) is 0 Å². The lowest BCUT2D eigenvalue weighted by Gasteiger charge is -2.21. The van der Waals surface area contributed by atoms with Crippen LogP contribution >= 0.6 is 11.8 Å². The summed E-state index contributed by atoms with van der Waals surface area (Å²) in [7, 11) is 2.00. The fourth-order valence-corrected chi connectivity index (χ4v) is 3.23. The van der Waals surface area contributed by atoms with Crippen molar-refractivity contribution in [3.63, 3.8) is 0 Å². The van der Waals surface area contributed by atoms with Gasteiger partial charge in [-0.05, 0) is 49.9 Å². The van der Waals surface area contributed by atoms with Gasteiger partial charge in [-0.25, -0.2) is 0 Å². The molecule has 1 saturated heterocycles. The van der Waals surface area contributed by atoms with Crippen LogP contribution in [0.3, 0.4) is 0 Å². The third-order valence-electron chi connectivity index (χ3n) is 3.03. The molecule has 4 heteroatoms. The first-order valence-electron chi connectivity index (χ1n) is 5.66. The van der Waals surface area contributed by atoms with Crippen LogP contribution < -0.4 is 5.32 Å². The smallest absolute Gasteiger partial charge is 0.0522 e. The van der Waals surface area contributed by atoms with Crippen LogP contribution in [0.1, 0.15) is 30.0 Å². The van der Waals surface area contributed by atoms with Gasteiger partial charge in [0.05, 0.1) is 6.20 Å². The van der Waals surface area contributed by atoms with Gasteiger partial charge in [-0.3, -0.25) is 5.10 Å². The summed E-state index contributed by atoms with van der Waals surface area (Å²) in [5, 5.41) is 10.6. The first-order valence-corrected chi connectivity index (χ1v) is 6.81. The van der Waals surface area contributed by atoms with E-state index >= 15 is 0 Å². The molecule has 2 heterocycles. The minimum absolute atomic E-state index is 0.723. The molecule has 0 amide bonds. The van der Waals surface area contributed by atoms with Crippen molar-refractivity contribution in [1.82, 2.24) is 15.5 Å². The van der Waals surface area contributed by atoms with Crippen LogP contribution in [0.4, 0.5) is 0 Å². The van der Waals surface area contributed by atoms with Gasteiger partial charge in [-0.2, -0.15) is 16.9 Å². The Morgan fingerprint density at radius 1 is 1.53 bits per heavy atom. The molecular weight excluding hydrogens is 206 g/mol. The Morgan fingerprint density at radius 2 is 2.33 bits per heavy atom. The highest BCUT2D eigenvalue weighted by molar-refractivity contribution is 7.99. The lowest BCUT2D eigenvalue weighted by Crippen LogP contribution is -2.14. The Balaban J connectivity index is 2.02. The number of nitrogens with zero attached hydrogens (tertiary/aromatic N) is 1. The maximum absolute atomic E-state index is 4.19. The molecule has 1 fully saturated rings. The molecule has 0 aliphatic carbocycles. The average molecular weight is 225 g/mol. The summed E-state index contributed by atoms with van der Waals surface area (Å²) in [6.45, 7) is 1.04. The Hall–Kier alpha value is -0.480. The van der Waals surface area contributed by atoms with Gasteiger partial charge in [0, 0.05) is 11.6 Å². The molecule has 0 saturated carbocycles. The van der Waals surface area contributed by atoms with Gasteiger partial charge in [0.2, 0.25) is 0 Å². The van der Waals surface area contributed by atoms with Crippen LogP contribution in [0.2, 0.25) is 0 Å². The number of nitrogens with one attached hydrogen (secondary N) is 2. The van der Waals surface area contributed by atoms with Crippen molar-refractivity contribution < 1.29 is 0 Å². The highest BCUT2D eigenvalue weighted by Gasteiger charge is 2.19. The van der Waals surface area contributed by atoms with Crippen molar-refractivity contribution >= 4 is 11.8 Å². The minimum atomic E-state index is 0.723. The zero-order valence-electron chi connectivity index (χ0n) is 9.25. The van der Waals surface area contributed by atoms with Crippen LogP contribution in [-0.4, -0.2) is 35.3 Å². The Bertz CT molecular complexity index is 292. The van der Waals surface area contributed by atoms with E-state index in [4.69, 9.17) is 0 Å². The number of hydrogen-bond donors (Lipinski definition) is 2. The SMILES string of the molecule is CNCCc1cn[nH]c1C1CCSCC1. The van der Waals surface area contributed by atoms with Gasteiger partial charge < -0.3 is 5.32 Å². The number of hydrogen-bond acceptors (Lipinski definition) is 3. The van der Waals surface area contributed by atoms with Crippen LogP contribution in [0.15, 0.2) is 6.20 Å². The highest BCUT2D eigenvalue weighted by Crippen LogP contribution is 2.32. The van der Waals surface area contributed by atoms with E-state index in [0.29, 0.717) is 0 Å². The van der Waals surface area contributed by atoms with Crippen molar-refractivity contribution in [3.05, 3.63) is 17.5 Å². The van der Waals surface area contributed by atoms with E-state index in [9.17, 15) is 0 Å². The summed E-state index contributed by atoms with van der Waals surface area (Å²) in [6, 6.07) is 0. The Morgan fingerprint density at radius 3 is 3.07 bits per heavy atom. The van der Waals surface area contributed by atoms with E-state index in [1.165, 1.54) is 35.6 Å². The largest absolute Gasteiger partial charge is 0.319 e. The molecular formula is C11H19N3S. The molecule has 0 unspecified atom stereocenters. The molecule has 0 aromatic carbocycles. The summed E-state index contributed by atoms with van der Waals surface area (Å²) in [4.78, 5) is 0. The molecule has 3 nitrogen and oxygen atoms in total. The molecule has 0 spiro atoms. The maximum Gasteiger partial charge on any atom is 0.0522 e. The quantitative estimate of drug-likeness (QED) is 0.820. The first kappa shape index (κ1) is 11.0. The monoisotopic (exact) mass is 225 g/mol. The summed E-state index contributed by atoms with van der Waals surface area (Å²) in [6.07, 6.45) is 5.69. The predicted octanol–water partition coefficient (Wildman–Crippen LogP) is 1.78. The van der Waals surface area contributed by atoms with Crippen molar-refractivity contribution in [2.75, 3.05) is 25.1 Å². The number of aromatic amines is 1. The van der Waals surface area contributed by atoms with Gasteiger partial charge in [0.25, 0.3) is 0 Å². The molecule has 0 bridgehead atoms. The molecule has 1 aliphatic heterocycles. The van der Waals surface area contributed by atoms with E-state index in [2.05, 4.69) is 27.3 Å². The summed E-state index contributed by atoms with van der Waals surface area (Å²) in [5.74, 6) is 3.32. The molecule has 1 aromatic heterocycles. The van der Waals surface area contributed by atoms with Gasteiger partial charge >= 0.3 is 0 Å². The number of aromatic nitrogens is 2. The molecule has 0 atom stereocenters. The Labute approximate surface area is 95.4 Å². The van der Waals surface area contributed by atoms with E-state index in [-0.39, 0.29) is 0 Å². The number of rotatable bonds is 4. The summed E-state index contributed by atoms with van der Waals surface area (Å²) in [5.41, 5.74) is 2.80. The fraction of sp³-hybridized carbons (Fsp3) is 0.727. The van der Waals surface area contributed by atoms with Crippen LogP contribution in [0, 0.1) is 0 Å². The third kappa shape index (κ3) is 2.75. The maximum atomic E-state index is 4.19. The summed E-state index contributed by atoms with van der Waals surface area (Å²) < 4.78 is 0. The lowest BCUT2D eigenvalue weighted by atomic mass is 9.95. The minimum Gasteiger partial charge on any atom is -0.319 e. The van der Waals surface area contributed by atoms with Crippen LogP contribution in [0.5, 0.6) is 0 Å². The fourth-order valence-electron chi connectivity index (χ4n) is 2.12. The van der Waals surface area contributed by atoms with E-state index < -0.39 is 0 Å². The predicted molar refractivity (Wildman–Crippen MR) is 65.5 cm³/mol. The van der Waals surface area contributed by atoms with Gasteiger partial charge in [0.15, 0.2) is 0 Å². The van der Waals surface area contributed by atoms with Crippen molar-refractivity contribution in [3.8, 4) is 0 Å². The van der Waals surface area contributed by atoms with E-state index in [0.717, 1.165) is 18.9 Å². The molecule has 84 valence electrons. The second kappa shape index (κ2) is 5.56. The molecule has 1 aromatic rings. The summed E-state index contributed by atoms with van der Waals surface area (Å²) >= 11 is 2.07. The second-order valence-corrected chi connectivity index (χ2v) is 5.27. The van der Waals surface area contributed by atoms with Crippen molar-refractivity contribution in [1.29, 1.82) is 0 Å². The molecule has 1 aliphatic rings. The zero-order chi connectivity index (χ0) is 10.5. The Kier molecular flexibility index (Phi) is 4.09. The molecule has 2 rings (SSSR count). The third-order valence-corrected chi connectivity index (χ3v) is 4.07. The molecule has 2 N–H and O–H groups in total.